The Hall–Kier alpha value is -0.870. The summed E-state index contributed by atoms with van der Waals surface area (Å²) in [6.07, 6.45) is 4.23. The van der Waals surface area contributed by atoms with Crippen LogP contribution in [0.2, 0.25) is 0 Å². The quantitative estimate of drug-likeness (QED) is 0.547. The molecule has 1 saturated heterocycles. The van der Waals surface area contributed by atoms with Gasteiger partial charge in [-0.1, -0.05) is 20.8 Å². The predicted octanol–water partition coefficient (Wildman–Crippen LogP) is 2.98. The van der Waals surface area contributed by atoms with E-state index in [1.54, 1.807) is 0 Å². The van der Waals surface area contributed by atoms with Gasteiger partial charge in [0.2, 0.25) is 0 Å². The predicted molar refractivity (Wildman–Crippen MR) is 74.2 cm³/mol. The van der Waals surface area contributed by atoms with Gasteiger partial charge in [-0.05, 0) is 24.2 Å². The van der Waals surface area contributed by atoms with Crippen molar-refractivity contribution in [2.24, 2.45) is 16.7 Å². The van der Waals surface area contributed by atoms with Gasteiger partial charge in [0.1, 0.15) is 0 Å². The number of rotatable bonds is 0. The number of hydrogen-bond acceptors (Lipinski definition) is 4. The second-order valence-electron chi connectivity index (χ2n) is 7.41. The zero-order valence-electron chi connectivity index (χ0n) is 12.6. The van der Waals surface area contributed by atoms with Crippen molar-refractivity contribution in [3.63, 3.8) is 0 Å². The number of carbonyl (C=O) groups excluding carboxylic acids is 1. The lowest BCUT2D eigenvalue weighted by Gasteiger charge is -2.56. The van der Waals surface area contributed by atoms with Crippen LogP contribution < -0.4 is 0 Å². The lowest BCUT2D eigenvalue weighted by atomic mass is 9.49. The largest absolute Gasteiger partial charge is 0.515 e. The number of ether oxygens (including phenoxy) is 2. The van der Waals surface area contributed by atoms with E-state index in [9.17, 15) is 9.90 Å². The number of Topliss-reactive ketones (excluding diaryl/α,β-unsaturated/α-hetero) is 1. The maximum absolute atomic E-state index is 12.5. The Balaban J connectivity index is 1.96. The van der Waals surface area contributed by atoms with Crippen LogP contribution in [0.5, 0.6) is 0 Å². The molecule has 4 nitrogen and oxygen atoms in total. The lowest BCUT2D eigenvalue weighted by molar-refractivity contribution is -0.223. The standard InChI is InChI=1S/C16H24O4/c1-14(2)12-4-5-16(19-6-7-20-16)10-15(12,3)8-11(9-17)13(14)18/h9,12,17H,4-8,10H2,1-3H3/b11-9-/t12-,15+/m0/s1. The SMILES string of the molecule is CC1(C)C(=O)/C(=C\O)C[C@]2(C)CC3(CC[C@@H]12)OCCO3. The number of fused-ring (bicyclic) bond motifs is 1. The second-order valence-corrected chi connectivity index (χ2v) is 7.41. The summed E-state index contributed by atoms with van der Waals surface area (Å²) in [5.74, 6) is -0.0567. The number of carbonyl (C=O) groups is 1. The highest BCUT2D eigenvalue weighted by atomic mass is 16.7. The summed E-state index contributed by atoms with van der Waals surface area (Å²) in [4.78, 5) is 12.5. The van der Waals surface area contributed by atoms with Crippen LogP contribution in [0.25, 0.3) is 0 Å². The summed E-state index contributed by atoms with van der Waals surface area (Å²) < 4.78 is 11.7. The van der Waals surface area contributed by atoms with Crippen molar-refractivity contribution >= 4 is 5.78 Å². The summed E-state index contributed by atoms with van der Waals surface area (Å²) >= 11 is 0. The van der Waals surface area contributed by atoms with Crippen molar-refractivity contribution in [1.29, 1.82) is 0 Å². The molecular formula is C16H24O4. The zero-order valence-corrected chi connectivity index (χ0v) is 12.6. The molecule has 0 radical (unpaired) electrons. The van der Waals surface area contributed by atoms with E-state index in [0.29, 0.717) is 31.1 Å². The van der Waals surface area contributed by atoms with Gasteiger partial charge in [-0.3, -0.25) is 4.79 Å². The third-order valence-electron chi connectivity index (χ3n) is 5.64. The first-order valence-electron chi connectivity index (χ1n) is 7.49. The van der Waals surface area contributed by atoms with Crippen LogP contribution in [0.15, 0.2) is 11.8 Å². The first-order valence-corrected chi connectivity index (χ1v) is 7.49. The lowest BCUT2D eigenvalue weighted by Crippen LogP contribution is -2.55. The van der Waals surface area contributed by atoms with E-state index in [0.717, 1.165) is 25.5 Å². The summed E-state index contributed by atoms with van der Waals surface area (Å²) in [5, 5.41) is 9.41. The fourth-order valence-electron chi connectivity index (χ4n) is 4.89. The van der Waals surface area contributed by atoms with E-state index in [-0.39, 0.29) is 11.2 Å². The smallest absolute Gasteiger partial charge is 0.169 e. The van der Waals surface area contributed by atoms with Gasteiger partial charge in [-0.15, -0.1) is 0 Å². The Kier molecular flexibility index (Phi) is 3.04. The molecular weight excluding hydrogens is 256 g/mol. The maximum atomic E-state index is 12.5. The molecule has 2 atom stereocenters. The van der Waals surface area contributed by atoms with Crippen molar-refractivity contribution in [1.82, 2.24) is 0 Å². The molecule has 20 heavy (non-hydrogen) atoms. The molecule has 1 heterocycles. The van der Waals surface area contributed by atoms with E-state index >= 15 is 0 Å². The van der Waals surface area contributed by atoms with E-state index in [1.807, 2.05) is 13.8 Å². The van der Waals surface area contributed by atoms with Crippen LogP contribution in [-0.2, 0) is 14.3 Å². The molecule has 3 fully saturated rings. The van der Waals surface area contributed by atoms with E-state index in [4.69, 9.17) is 9.47 Å². The van der Waals surface area contributed by atoms with Gasteiger partial charge in [-0.25, -0.2) is 0 Å². The molecule has 4 heteroatoms. The Morgan fingerprint density at radius 2 is 1.90 bits per heavy atom. The molecule has 0 aromatic carbocycles. The summed E-state index contributed by atoms with van der Waals surface area (Å²) in [5.41, 5.74) is 0.0554. The monoisotopic (exact) mass is 280 g/mol. The third-order valence-corrected chi connectivity index (χ3v) is 5.64. The third kappa shape index (κ3) is 1.85. The normalized spacial score (nSPS) is 41.0. The van der Waals surface area contributed by atoms with Gasteiger partial charge in [-0.2, -0.15) is 0 Å². The highest BCUT2D eigenvalue weighted by Gasteiger charge is 2.59. The van der Waals surface area contributed by atoms with Crippen molar-refractivity contribution in [3.05, 3.63) is 11.8 Å². The minimum absolute atomic E-state index is 0.0609. The van der Waals surface area contributed by atoms with Crippen LogP contribution in [0.1, 0.15) is 46.5 Å². The van der Waals surface area contributed by atoms with Gasteiger partial charge < -0.3 is 14.6 Å². The van der Waals surface area contributed by atoms with Crippen molar-refractivity contribution in [2.75, 3.05) is 13.2 Å². The number of aliphatic hydroxyl groups is 1. The first kappa shape index (κ1) is 14.1. The summed E-state index contributed by atoms with van der Waals surface area (Å²) in [6, 6.07) is 0. The molecule has 1 spiro atoms. The molecule has 1 N–H and O–H groups in total. The molecule has 0 bridgehead atoms. The summed E-state index contributed by atoms with van der Waals surface area (Å²) in [6.45, 7) is 7.55. The second kappa shape index (κ2) is 4.31. The van der Waals surface area contributed by atoms with Crippen molar-refractivity contribution in [2.45, 2.75) is 52.2 Å². The van der Waals surface area contributed by atoms with Crippen LogP contribution >= 0.6 is 0 Å². The molecule has 0 aromatic rings. The van der Waals surface area contributed by atoms with Crippen LogP contribution in [-0.4, -0.2) is 29.9 Å². The van der Waals surface area contributed by atoms with Gasteiger partial charge in [0.05, 0.1) is 19.5 Å². The molecule has 2 aliphatic carbocycles. The number of hydrogen-bond donors (Lipinski definition) is 1. The molecule has 3 rings (SSSR count). The molecule has 0 amide bonds. The Morgan fingerprint density at radius 1 is 1.25 bits per heavy atom. The zero-order chi connectivity index (χ0) is 14.6. The van der Waals surface area contributed by atoms with Gasteiger partial charge in [0.15, 0.2) is 11.6 Å². The van der Waals surface area contributed by atoms with Gasteiger partial charge >= 0.3 is 0 Å². The van der Waals surface area contributed by atoms with E-state index < -0.39 is 11.2 Å². The molecule has 1 aliphatic heterocycles. The fraction of sp³-hybridized carbons (Fsp3) is 0.812. The average Bonchev–Trinajstić information content (AvgIpc) is 2.81. The molecule has 0 aromatic heterocycles. The topological polar surface area (TPSA) is 55.8 Å². The Bertz CT molecular complexity index is 459. The number of allylic oxidation sites excluding steroid dienone is 1. The molecule has 3 aliphatic rings. The van der Waals surface area contributed by atoms with Crippen LogP contribution in [0.3, 0.4) is 0 Å². The Labute approximate surface area is 120 Å². The molecule has 112 valence electrons. The van der Waals surface area contributed by atoms with Crippen molar-refractivity contribution in [3.8, 4) is 0 Å². The highest BCUT2D eigenvalue weighted by molar-refractivity contribution is 6.00. The fourth-order valence-corrected chi connectivity index (χ4v) is 4.89. The summed E-state index contributed by atoms with van der Waals surface area (Å²) in [7, 11) is 0. The average molecular weight is 280 g/mol. The molecule has 0 unspecified atom stereocenters. The van der Waals surface area contributed by atoms with E-state index in [2.05, 4.69) is 6.92 Å². The van der Waals surface area contributed by atoms with Gasteiger partial charge in [0, 0.05) is 23.8 Å². The van der Waals surface area contributed by atoms with Gasteiger partial charge in [0.25, 0.3) is 0 Å². The van der Waals surface area contributed by atoms with Crippen molar-refractivity contribution < 1.29 is 19.4 Å². The van der Waals surface area contributed by atoms with E-state index in [1.165, 1.54) is 0 Å². The number of aliphatic hydroxyl groups excluding tert-OH is 1. The minimum atomic E-state index is -0.456. The molecule has 2 saturated carbocycles. The van der Waals surface area contributed by atoms with Crippen LogP contribution in [0.4, 0.5) is 0 Å². The van der Waals surface area contributed by atoms with Crippen LogP contribution in [0, 0.1) is 16.7 Å². The minimum Gasteiger partial charge on any atom is -0.515 e. The highest BCUT2D eigenvalue weighted by Crippen LogP contribution is 2.60. The Morgan fingerprint density at radius 3 is 2.50 bits per heavy atom. The first-order chi connectivity index (χ1) is 9.33. The number of ketones is 1. The maximum Gasteiger partial charge on any atom is 0.169 e.